The second-order valence-corrected chi connectivity index (χ2v) is 4.47. The Morgan fingerprint density at radius 3 is 2.40 bits per heavy atom. The lowest BCUT2D eigenvalue weighted by Gasteiger charge is -2.17. The molecule has 0 fully saturated rings. The lowest BCUT2D eigenvalue weighted by molar-refractivity contribution is -0.138. The smallest absolute Gasteiger partial charge is 0.330 e. The third-order valence-electron chi connectivity index (χ3n) is 2.69. The molecule has 2 aromatic carbocycles. The van der Waals surface area contributed by atoms with Crippen molar-refractivity contribution in [3.8, 4) is 0 Å². The highest BCUT2D eigenvalue weighted by Crippen LogP contribution is 2.26. The molecule has 1 unspecified atom stereocenters. The maximum absolute atomic E-state index is 13.9. The molecule has 0 bridgehead atoms. The van der Waals surface area contributed by atoms with Crippen LogP contribution in [0.1, 0.15) is 11.6 Å². The molecule has 20 heavy (non-hydrogen) atoms. The highest BCUT2D eigenvalue weighted by molar-refractivity contribution is 6.30. The standard InChI is InChI=1S/C14H10ClF2NO2/c15-11-3-1-2-10(12(11)17)13(14(19)20)18-9-6-4-8(16)5-7-9/h1-7,13,18H,(H,19,20). The highest BCUT2D eigenvalue weighted by Gasteiger charge is 2.24. The minimum Gasteiger partial charge on any atom is -0.479 e. The number of carbonyl (C=O) groups is 1. The van der Waals surface area contributed by atoms with Gasteiger partial charge >= 0.3 is 5.97 Å². The monoisotopic (exact) mass is 297 g/mol. The van der Waals surface area contributed by atoms with E-state index in [1.54, 1.807) is 0 Å². The molecular formula is C14H10ClF2NO2. The summed E-state index contributed by atoms with van der Waals surface area (Å²) in [6.07, 6.45) is 0. The number of hydrogen-bond acceptors (Lipinski definition) is 2. The Bertz CT molecular complexity index is 632. The van der Waals surface area contributed by atoms with Crippen molar-refractivity contribution in [1.82, 2.24) is 0 Å². The number of carboxylic acids is 1. The molecule has 0 radical (unpaired) electrons. The van der Waals surface area contributed by atoms with E-state index in [9.17, 15) is 18.7 Å². The van der Waals surface area contributed by atoms with Gasteiger partial charge < -0.3 is 10.4 Å². The summed E-state index contributed by atoms with van der Waals surface area (Å²) in [7, 11) is 0. The molecule has 2 aromatic rings. The van der Waals surface area contributed by atoms with E-state index in [4.69, 9.17) is 11.6 Å². The first kappa shape index (κ1) is 14.3. The van der Waals surface area contributed by atoms with Crippen LogP contribution in [-0.4, -0.2) is 11.1 Å². The molecule has 0 aliphatic heterocycles. The molecule has 0 aliphatic carbocycles. The molecule has 104 valence electrons. The molecule has 0 aliphatic rings. The van der Waals surface area contributed by atoms with E-state index in [2.05, 4.69) is 5.32 Å². The van der Waals surface area contributed by atoms with Crippen molar-refractivity contribution in [3.63, 3.8) is 0 Å². The third-order valence-corrected chi connectivity index (χ3v) is 2.99. The first-order chi connectivity index (χ1) is 9.49. The molecular weight excluding hydrogens is 288 g/mol. The Labute approximate surface area is 118 Å². The maximum atomic E-state index is 13.9. The van der Waals surface area contributed by atoms with Crippen molar-refractivity contribution in [2.24, 2.45) is 0 Å². The SMILES string of the molecule is O=C(O)C(Nc1ccc(F)cc1)c1cccc(Cl)c1F. The third kappa shape index (κ3) is 3.05. The number of carboxylic acid groups (broad SMARTS) is 1. The number of halogens is 3. The van der Waals surface area contributed by atoms with Gasteiger partial charge in [0.2, 0.25) is 0 Å². The van der Waals surface area contributed by atoms with E-state index >= 15 is 0 Å². The van der Waals surface area contributed by atoms with Gasteiger partial charge in [0.05, 0.1) is 5.02 Å². The zero-order chi connectivity index (χ0) is 14.7. The number of aliphatic carboxylic acids is 1. The second-order valence-electron chi connectivity index (χ2n) is 4.07. The van der Waals surface area contributed by atoms with Crippen LogP contribution in [0.2, 0.25) is 5.02 Å². The summed E-state index contributed by atoms with van der Waals surface area (Å²) in [5.74, 6) is -2.51. The molecule has 0 amide bonds. The van der Waals surface area contributed by atoms with E-state index < -0.39 is 23.6 Å². The van der Waals surface area contributed by atoms with Gasteiger partial charge in [-0.2, -0.15) is 0 Å². The Morgan fingerprint density at radius 1 is 1.15 bits per heavy atom. The Morgan fingerprint density at radius 2 is 1.80 bits per heavy atom. The number of anilines is 1. The first-order valence-electron chi connectivity index (χ1n) is 5.68. The summed E-state index contributed by atoms with van der Waals surface area (Å²) in [6.45, 7) is 0. The molecule has 0 saturated carbocycles. The summed E-state index contributed by atoms with van der Waals surface area (Å²) < 4.78 is 26.7. The fourth-order valence-electron chi connectivity index (χ4n) is 1.73. The van der Waals surface area contributed by atoms with Crippen molar-refractivity contribution in [3.05, 3.63) is 64.7 Å². The molecule has 0 heterocycles. The molecule has 1 atom stereocenters. The quantitative estimate of drug-likeness (QED) is 0.901. The van der Waals surface area contributed by atoms with E-state index in [0.29, 0.717) is 5.69 Å². The average Bonchev–Trinajstić information content (AvgIpc) is 2.41. The number of benzene rings is 2. The van der Waals surface area contributed by atoms with Gasteiger partial charge in [-0.05, 0) is 30.3 Å². The first-order valence-corrected chi connectivity index (χ1v) is 6.05. The predicted octanol–water partition coefficient (Wildman–Crippen LogP) is 3.86. The Kier molecular flexibility index (Phi) is 4.20. The van der Waals surface area contributed by atoms with Gasteiger partial charge in [0.1, 0.15) is 11.6 Å². The van der Waals surface area contributed by atoms with E-state index in [0.717, 1.165) is 0 Å². The topological polar surface area (TPSA) is 49.3 Å². The van der Waals surface area contributed by atoms with Crippen molar-refractivity contribution < 1.29 is 18.7 Å². The van der Waals surface area contributed by atoms with Gasteiger partial charge in [0, 0.05) is 11.3 Å². The van der Waals surface area contributed by atoms with Gasteiger partial charge in [0.25, 0.3) is 0 Å². The number of nitrogens with one attached hydrogen (secondary N) is 1. The molecule has 3 nitrogen and oxygen atoms in total. The molecule has 6 heteroatoms. The summed E-state index contributed by atoms with van der Waals surface area (Å²) in [6, 6.07) is 7.89. The van der Waals surface area contributed by atoms with E-state index in [-0.39, 0.29) is 10.6 Å². The van der Waals surface area contributed by atoms with Crippen LogP contribution in [0, 0.1) is 11.6 Å². The molecule has 2 rings (SSSR count). The minimum absolute atomic E-state index is 0.0886. The summed E-state index contributed by atoms with van der Waals surface area (Å²) in [4.78, 5) is 11.3. The number of hydrogen-bond donors (Lipinski definition) is 2. The van der Waals surface area contributed by atoms with Crippen molar-refractivity contribution >= 4 is 23.3 Å². The van der Waals surface area contributed by atoms with Crippen LogP contribution in [-0.2, 0) is 4.79 Å². The van der Waals surface area contributed by atoms with Gasteiger partial charge in [-0.1, -0.05) is 23.7 Å². The summed E-state index contributed by atoms with van der Waals surface area (Å²) in [5, 5.41) is 11.7. The molecule has 0 aromatic heterocycles. The van der Waals surface area contributed by atoms with Crippen LogP contribution in [0.15, 0.2) is 42.5 Å². The number of rotatable bonds is 4. The van der Waals surface area contributed by atoms with Gasteiger partial charge in [-0.15, -0.1) is 0 Å². The van der Waals surface area contributed by atoms with Crippen LogP contribution in [0.25, 0.3) is 0 Å². The zero-order valence-electron chi connectivity index (χ0n) is 10.1. The molecule has 0 spiro atoms. The lowest BCUT2D eigenvalue weighted by atomic mass is 10.1. The van der Waals surface area contributed by atoms with Crippen molar-refractivity contribution in [2.45, 2.75) is 6.04 Å². The normalized spacial score (nSPS) is 11.9. The van der Waals surface area contributed by atoms with Crippen LogP contribution in [0.3, 0.4) is 0 Å². The van der Waals surface area contributed by atoms with Crippen LogP contribution < -0.4 is 5.32 Å². The fourth-order valence-corrected chi connectivity index (χ4v) is 1.91. The summed E-state index contributed by atoms with van der Waals surface area (Å²) in [5.41, 5.74) is 0.271. The fraction of sp³-hybridized carbons (Fsp3) is 0.0714. The predicted molar refractivity (Wildman–Crippen MR) is 71.8 cm³/mol. The molecule has 2 N–H and O–H groups in total. The Hall–Kier alpha value is -2.14. The van der Waals surface area contributed by atoms with Crippen molar-refractivity contribution in [2.75, 3.05) is 5.32 Å². The van der Waals surface area contributed by atoms with Gasteiger partial charge in [0.15, 0.2) is 6.04 Å². The lowest BCUT2D eigenvalue weighted by Crippen LogP contribution is -2.21. The maximum Gasteiger partial charge on any atom is 0.330 e. The zero-order valence-corrected chi connectivity index (χ0v) is 10.9. The Balaban J connectivity index is 2.34. The van der Waals surface area contributed by atoms with Crippen LogP contribution >= 0.6 is 11.6 Å². The second kappa shape index (κ2) is 5.88. The van der Waals surface area contributed by atoms with Crippen molar-refractivity contribution in [1.29, 1.82) is 0 Å². The summed E-state index contributed by atoms with van der Waals surface area (Å²) >= 11 is 5.64. The minimum atomic E-state index is -1.32. The van der Waals surface area contributed by atoms with Gasteiger partial charge in [-0.3, -0.25) is 0 Å². The van der Waals surface area contributed by atoms with Crippen LogP contribution in [0.5, 0.6) is 0 Å². The highest BCUT2D eigenvalue weighted by atomic mass is 35.5. The molecule has 0 saturated heterocycles. The van der Waals surface area contributed by atoms with Gasteiger partial charge in [-0.25, -0.2) is 13.6 Å². The van der Waals surface area contributed by atoms with E-state index in [1.807, 2.05) is 0 Å². The van der Waals surface area contributed by atoms with E-state index in [1.165, 1.54) is 42.5 Å². The largest absolute Gasteiger partial charge is 0.479 e. The average molecular weight is 298 g/mol. The van der Waals surface area contributed by atoms with Crippen LogP contribution in [0.4, 0.5) is 14.5 Å².